The van der Waals surface area contributed by atoms with E-state index >= 15 is 0 Å². The van der Waals surface area contributed by atoms with Gasteiger partial charge < -0.3 is 8.83 Å². The molecule has 246 valence electrons. The number of thiophene rings is 3. The molecule has 0 aliphatic rings. The van der Waals surface area contributed by atoms with Gasteiger partial charge in [-0.3, -0.25) is 0 Å². The summed E-state index contributed by atoms with van der Waals surface area (Å²) in [5.74, 6) is 0. The lowest BCUT2D eigenvalue weighted by molar-refractivity contribution is 0.669. The Morgan fingerprint density at radius 2 is 0.736 bits per heavy atom. The van der Waals surface area contributed by atoms with Crippen molar-refractivity contribution in [3.8, 4) is 22.3 Å². The normalized spacial score (nSPS) is 12.5. The van der Waals surface area contributed by atoms with Crippen molar-refractivity contribution < 1.29 is 8.83 Å². The minimum Gasteiger partial charge on any atom is -0.456 e. The van der Waals surface area contributed by atoms with Crippen LogP contribution in [0.25, 0.3) is 128 Å². The molecule has 5 heteroatoms. The number of hydrogen-bond donors (Lipinski definition) is 0. The minimum atomic E-state index is 0.916. The van der Waals surface area contributed by atoms with E-state index in [1.807, 2.05) is 34.0 Å². The highest BCUT2D eigenvalue weighted by Crippen LogP contribution is 2.51. The average Bonchev–Trinajstić information content (AvgIpc) is 4.03. The summed E-state index contributed by atoms with van der Waals surface area (Å²) >= 11 is 5.53. The second kappa shape index (κ2) is 10.3. The summed E-state index contributed by atoms with van der Waals surface area (Å²) in [6.07, 6.45) is 0. The fourth-order valence-electron chi connectivity index (χ4n) is 8.84. The monoisotopic (exact) mass is 728 g/mol. The zero-order valence-electron chi connectivity index (χ0n) is 27.9. The molecule has 13 aromatic rings. The lowest BCUT2D eigenvalue weighted by Crippen LogP contribution is -1.85. The van der Waals surface area contributed by atoms with Gasteiger partial charge in [0.1, 0.15) is 22.3 Å². The molecule has 0 amide bonds. The number of furan rings is 2. The summed E-state index contributed by atoms with van der Waals surface area (Å²) in [5, 5.41) is 19.4. The first-order valence-electron chi connectivity index (χ1n) is 17.7. The molecule has 0 bridgehead atoms. The lowest BCUT2D eigenvalue weighted by atomic mass is 9.90. The molecule has 0 fully saturated rings. The fourth-order valence-corrected chi connectivity index (χ4v) is 12.0. The first-order valence-corrected chi connectivity index (χ1v) is 20.3. The summed E-state index contributed by atoms with van der Waals surface area (Å²) in [6.45, 7) is 0. The maximum absolute atomic E-state index is 6.54. The Kier molecular flexibility index (Phi) is 5.57. The molecule has 5 heterocycles. The van der Waals surface area contributed by atoms with E-state index in [1.165, 1.54) is 84.1 Å². The Hall–Kier alpha value is -5.98. The van der Waals surface area contributed by atoms with E-state index in [-0.39, 0.29) is 0 Å². The lowest BCUT2D eigenvalue weighted by Gasteiger charge is -2.12. The second-order valence-electron chi connectivity index (χ2n) is 14.0. The van der Waals surface area contributed by atoms with Crippen molar-refractivity contribution in [2.75, 3.05) is 0 Å². The minimum absolute atomic E-state index is 0.916. The number of fused-ring (bicyclic) bond motifs is 15. The number of benzene rings is 8. The zero-order valence-corrected chi connectivity index (χ0v) is 30.3. The van der Waals surface area contributed by atoms with Crippen LogP contribution in [0.2, 0.25) is 0 Å². The van der Waals surface area contributed by atoms with Gasteiger partial charge in [0.2, 0.25) is 0 Å². The topological polar surface area (TPSA) is 26.3 Å². The molecular weight excluding hydrogens is 705 g/mol. The van der Waals surface area contributed by atoms with E-state index in [0.717, 1.165) is 43.9 Å². The van der Waals surface area contributed by atoms with Gasteiger partial charge in [-0.25, -0.2) is 0 Å². The van der Waals surface area contributed by atoms with E-state index in [1.54, 1.807) is 0 Å². The second-order valence-corrected chi connectivity index (χ2v) is 16.9. The Morgan fingerprint density at radius 1 is 0.302 bits per heavy atom. The van der Waals surface area contributed by atoms with Crippen molar-refractivity contribution in [3.05, 3.63) is 144 Å². The van der Waals surface area contributed by atoms with Crippen molar-refractivity contribution >= 4 is 140 Å². The molecule has 0 atom stereocenters. The van der Waals surface area contributed by atoms with Crippen LogP contribution in [0.3, 0.4) is 0 Å². The van der Waals surface area contributed by atoms with Crippen molar-refractivity contribution in [1.29, 1.82) is 0 Å². The van der Waals surface area contributed by atoms with Gasteiger partial charge in [-0.05, 0) is 104 Å². The molecule has 8 aromatic carbocycles. The van der Waals surface area contributed by atoms with Crippen LogP contribution in [0.5, 0.6) is 0 Å². The Labute approximate surface area is 313 Å². The summed E-state index contributed by atoms with van der Waals surface area (Å²) in [6, 6.07) is 48.7. The summed E-state index contributed by atoms with van der Waals surface area (Å²) < 4.78 is 18.3. The molecule has 0 radical (unpaired) electrons. The van der Waals surface area contributed by atoms with Gasteiger partial charge in [-0.1, -0.05) is 72.8 Å². The van der Waals surface area contributed by atoms with Gasteiger partial charge in [0.05, 0.1) is 0 Å². The molecule has 0 aliphatic carbocycles. The van der Waals surface area contributed by atoms with E-state index in [0.29, 0.717) is 0 Å². The molecule has 0 unspecified atom stereocenters. The quantitative estimate of drug-likeness (QED) is 0.177. The maximum Gasteiger partial charge on any atom is 0.136 e. The average molecular weight is 729 g/mol. The molecule has 5 aromatic heterocycles. The molecule has 0 saturated carbocycles. The molecule has 0 saturated heterocycles. The summed E-state index contributed by atoms with van der Waals surface area (Å²) in [5.41, 5.74) is 8.70. The third-order valence-corrected chi connectivity index (χ3v) is 14.2. The highest BCUT2D eigenvalue weighted by Gasteiger charge is 2.23. The van der Waals surface area contributed by atoms with Gasteiger partial charge in [-0.2, -0.15) is 0 Å². The Morgan fingerprint density at radius 3 is 1.23 bits per heavy atom. The molecule has 53 heavy (non-hydrogen) atoms. The van der Waals surface area contributed by atoms with Crippen LogP contribution in [-0.4, -0.2) is 0 Å². The highest BCUT2D eigenvalue weighted by atomic mass is 32.1. The molecule has 2 nitrogen and oxygen atoms in total. The standard InChI is InChI=1S/C48H24O2S3/c1-5-13-39-25(9-1)33-17-35-29(19-41(33)49-39)31(37-23-51-43-15-7-3-11-27(37)43)21-45-47(35)48-36-18-34-26-10-2-6-14-40(26)50-42(34)20-30(36)32(22-46(48)53-45)38-24-52-44-16-8-4-12-28(38)44/h1-24H. The van der Waals surface area contributed by atoms with Gasteiger partial charge in [0.25, 0.3) is 0 Å². The molecule has 0 N–H and O–H groups in total. The van der Waals surface area contributed by atoms with Gasteiger partial charge in [0.15, 0.2) is 0 Å². The third kappa shape index (κ3) is 3.86. The van der Waals surface area contributed by atoms with Crippen LogP contribution < -0.4 is 0 Å². The van der Waals surface area contributed by atoms with Crippen LogP contribution in [0.4, 0.5) is 0 Å². The Bertz CT molecular complexity index is 3450. The van der Waals surface area contributed by atoms with Crippen molar-refractivity contribution in [1.82, 2.24) is 0 Å². The van der Waals surface area contributed by atoms with Gasteiger partial charge >= 0.3 is 0 Å². The van der Waals surface area contributed by atoms with E-state index in [4.69, 9.17) is 8.83 Å². The predicted molar refractivity (Wildman–Crippen MR) is 231 cm³/mol. The van der Waals surface area contributed by atoms with Crippen LogP contribution in [0.1, 0.15) is 0 Å². The number of rotatable bonds is 2. The number of para-hydroxylation sites is 2. The molecule has 0 spiro atoms. The van der Waals surface area contributed by atoms with E-state index in [9.17, 15) is 0 Å². The van der Waals surface area contributed by atoms with E-state index in [2.05, 4.69) is 144 Å². The van der Waals surface area contributed by atoms with Crippen LogP contribution in [0, 0.1) is 0 Å². The fraction of sp³-hybridized carbons (Fsp3) is 0. The Balaban J connectivity index is 1.25. The van der Waals surface area contributed by atoms with Crippen LogP contribution in [0.15, 0.2) is 153 Å². The predicted octanol–water partition coefficient (Wildman–Crippen LogP) is 15.9. The highest BCUT2D eigenvalue weighted by molar-refractivity contribution is 7.26. The summed E-state index contributed by atoms with van der Waals surface area (Å²) in [4.78, 5) is 0. The van der Waals surface area contributed by atoms with Crippen molar-refractivity contribution in [2.45, 2.75) is 0 Å². The molecular formula is C48H24O2S3. The molecule has 13 rings (SSSR count). The van der Waals surface area contributed by atoms with Gasteiger partial charge in [-0.15, -0.1) is 34.0 Å². The SMILES string of the molecule is c1ccc2c(c1)oc1cc3c(-c4csc5ccccc45)cc4sc5cc(-c6csc7ccccc67)c6cc7oc8ccccc8c7cc6c5c4c3cc12. The van der Waals surface area contributed by atoms with Crippen LogP contribution in [-0.2, 0) is 0 Å². The third-order valence-electron chi connectivity index (χ3n) is 11.2. The summed E-state index contributed by atoms with van der Waals surface area (Å²) in [7, 11) is 0. The smallest absolute Gasteiger partial charge is 0.136 e. The zero-order chi connectivity index (χ0) is 34.4. The number of hydrogen-bond acceptors (Lipinski definition) is 5. The van der Waals surface area contributed by atoms with E-state index < -0.39 is 0 Å². The van der Waals surface area contributed by atoms with Crippen molar-refractivity contribution in [3.63, 3.8) is 0 Å². The van der Waals surface area contributed by atoms with Gasteiger partial charge in [0, 0.05) is 73.0 Å². The maximum atomic E-state index is 6.54. The van der Waals surface area contributed by atoms with Crippen LogP contribution >= 0.6 is 34.0 Å². The molecule has 0 aliphatic heterocycles. The first kappa shape index (κ1) is 28.6. The largest absolute Gasteiger partial charge is 0.456 e. The first-order chi connectivity index (χ1) is 26.2. The van der Waals surface area contributed by atoms with Crippen molar-refractivity contribution in [2.24, 2.45) is 0 Å².